The van der Waals surface area contributed by atoms with Gasteiger partial charge >= 0.3 is 0 Å². The Hall–Kier alpha value is 0.650. The molecule has 88 valence electrons. The van der Waals surface area contributed by atoms with Crippen LogP contribution in [-0.2, 0) is 4.74 Å². The Morgan fingerprint density at radius 1 is 1.33 bits per heavy atom. The van der Waals surface area contributed by atoms with Gasteiger partial charge in [0.2, 0.25) is 0 Å². The Balaban J connectivity index is 1.64. The minimum absolute atomic E-state index is 0.528. The summed E-state index contributed by atoms with van der Waals surface area (Å²) in [5.41, 5.74) is 0.749. The maximum atomic E-state index is 5.39. The van der Waals surface area contributed by atoms with Crippen molar-refractivity contribution in [2.75, 3.05) is 31.2 Å². The van der Waals surface area contributed by atoms with E-state index < -0.39 is 0 Å². The molecule has 3 heteroatoms. The van der Waals surface area contributed by atoms with Crippen molar-refractivity contribution in [2.45, 2.75) is 38.2 Å². The van der Waals surface area contributed by atoms with Gasteiger partial charge in [-0.2, -0.15) is 0 Å². The standard InChI is InChI=1S/C12H22INO/c1-15-11-2-7-14(8-3-11)9-6-12(10-13)4-5-12/h11H,2-10H2,1H3. The van der Waals surface area contributed by atoms with Gasteiger partial charge in [-0.05, 0) is 44.1 Å². The fourth-order valence-corrected chi connectivity index (χ4v) is 3.54. The maximum Gasteiger partial charge on any atom is 0.0595 e. The Morgan fingerprint density at radius 3 is 2.47 bits per heavy atom. The number of rotatable bonds is 5. The topological polar surface area (TPSA) is 12.5 Å². The molecule has 2 rings (SSSR count). The number of methoxy groups -OCH3 is 1. The normalized spacial score (nSPS) is 26.8. The SMILES string of the molecule is COC1CCN(CCC2(CI)CC2)CC1. The highest BCUT2D eigenvalue weighted by Crippen LogP contribution is 2.50. The number of alkyl halides is 1. The first-order valence-electron chi connectivity index (χ1n) is 6.09. The van der Waals surface area contributed by atoms with E-state index in [4.69, 9.17) is 4.74 Å². The molecule has 0 unspecified atom stereocenters. The summed E-state index contributed by atoms with van der Waals surface area (Å²) in [5.74, 6) is 0. The lowest BCUT2D eigenvalue weighted by Gasteiger charge is -2.32. The third kappa shape index (κ3) is 3.30. The van der Waals surface area contributed by atoms with Gasteiger partial charge in [-0.1, -0.05) is 22.6 Å². The number of halogens is 1. The number of likely N-dealkylation sites (tertiary alicyclic amines) is 1. The van der Waals surface area contributed by atoms with Crippen LogP contribution in [0.1, 0.15) is 32.1 Å². The molecule has 0 radical (unpaired) electrons. The second-order valence-electron chi connectivity index (χ2n) is 5.16. The second kappa shape index (κ2) is 5.32. The number of hydrogen-bond acceptors (Lipinski definition) is 2. The van der Waals surface area contributed by atoms with Gasteiger partial charge in [-0.3, -0.25) is 0 Å². The van der Waals surface area contributed by atoms with E-state index in [9.17, 15) is 0 Å². The highest BCUT2D eigenvalue weighted by atomic mass is 127. The van der Waals surface area contributed by atoms with Crippen LogP contribution in [0.3, 0.4) is 0 Å². The second-order valence-corrected chi connectivity index (χ2v) is 5.92. The van der Waals surface area contributed by atoms with E-state index in [1.807, 2.05) is 7.11 Å². The van der Waals surface area contributed by atoms with Crippen LogP contribution in [0.4, 0.5) is 0 Å². The zero-order chi connectivity index (χ0) is 10.7. The lowest BCUT2D eigenvalue weighted by Crippen LogP contribution is -2.37. The van der Waals surface area contributed by atoms with Crippen LogP contribution in [0.15, 0.2) is 0 Å². The summed E-state index contributed by atoms with van der Waals surface area (Å²) in [7, 11) is 1.84. The van der Waals surface area contributed by atoms with Gasteiger partial charge in [-0.15, -0.1) is 0 Å². The predicted octanol–water partition coefficient (Wildman–Crippen LogP) is 2.70. The first kappa shape index (κ1) is 12.1. The molecular weight excluding hydrogens is 301 g/mol. The van der Waals surface area contributed by atoms with Crippen LogP contribution in [0, 0.1) is 5.41 Å². The Kier molecular flexibility index (Phi) is 4.30. The number of piperidine rings is 1. The monoisotopic (exact) mass is 323 g/mol. The van der Waals surface area contributed by atoms with Crippen LogP contribution in [-0.4, -0.2) is 42.2 Å². The predicted molar refractivity (Wildman–Crippen MR) is 71.6 cm³/mol. The van der Waals surface area contributed by atoms with Gasteiger partial charge in [0, 0.05) is 24.6 Å². The average molecular weight is 323 g/mol. The molecule has 1 heterocycles. The van der Waals surface area contributed by atoms with E-state index in [-0.39, 0.29) is 0 Å². The number of hydrogen-bond donors (Lipinski definition) is 0. The molecule has 0 aromatic heterocycles. The molecule has 0 amide bonds. The van der Waals surface area contributed by atoms with Crippen molar-refractivity contribution in [3.63, 3.8) is 0 Å². The third-order valence-electron chi connectivity index (χ3n) is 4.07. The van der Waals surface area contributed by atoms with Crippen molar-refractivity contribution in [1.82, 2.24) is 4.90 Å². The van der Waals surface area contributed by atoms with Crippen LogP contribution < -0.4 is 0 Å². The molecule has 2 nitrogen and oxygen atoms in total. The summed E-state index contributed by atoms with van der Waals surface area (Å²) in [5, 5.41) is 0. The van der Waals surface area contributed by atoms with E-state index in [0.29, 0.717) is 6.10 Å². The van der Waals surface area contributed by atoms with Crippen molar-refractivity contribution in [3.8, 4) is 0 Å². The Labute approximate surface area is 107 Å². The van der Waals surface area contributed by atoms with Crippen LogP contribution in [0.5, 0.6) is 0 Å². The van der Waals surface area contributed by atoms with E-state index in [0.717, 1.165) is 5.41 Å². The van der Waals surface area contributed by atoms with E-state index in [1.54, 1.807) is 0 Å². The fraction of sp³-hybridized carbons (Fsp3) is 1.00. The van der Waals surface area contributed by atoms with E-state index in [2.05, 4.69) is 27.5 Å². The van der Waals surface area contributed by atoms with Crippen molar-refractivity contribution >= 4 is 22.6 Å². The molecule has 1 saturated carbocycles. The van der Waals surface area contributed by atoms with Crippen molar-refractivity contribution in [1.29, 1.82) is 0 Å². The molecule has 15 heavy (non-hydrogen) atoms. The molecule has 1 aliphatic heterocycles. The van der Waals surface area contributed by atoms with Gasteiger partial charge in [0.25, 0.3) is 0 Å². The highest BCUT2D eigenvalue weighted by Gasteiger charge is 2.41. The largest absolute Gasteiger partial charge is 0.381 e. The van der Waals surface area contributed by atoms with Crippen LogP contribution in [0.25, 0.3) is 0 Å². The molecule has 0 bridgehead atoms. The summed E-state index contributed by atoms with van der Waals surface area (Å²) < 4.78 is 6.75. The van der Waals surface area contributed by atoms with Gasteiger partial charge in [0.15, 0.2) is 0 Å². The Morgan fingerprint density at radius 2 is 2.00 bits per heavy atom. The first-order chi connectivity index (χ1) is 7.28. The summed E-state index contributed by atoms with van der Waals surface area (Å²) in [4.78, 5) is 2.63. The zero-order valence-electron chi connectivity index (χ0n) is 9.67. The molecule has 1 saturated heterocycles. The molecular formula is C12H22INO. The number of ether oxygens (including phenoxy) is 1. The third-order valence-corrected chi connectivity index (χ3v) is 5.69. The summed E-state index contributed by atoms with van der Waals surface area (Å²) >= 11 is 2.56. The van der Waals surface area contributed by atoms with Crippen LogP contribution in [0.2, 0.25) is 0 Å². The van der Waals surface area contributed by atoms with Crippen molar-refractivity contribution in [2.24, 2.45) is 5.41 Å². The summed E-state index contributed by atoms with van der Waals surface area (Å²) in [6.45, 7) is 3.81. The summed E-state index contributed by atoms with van der Waals surface area (Å²) in [6, 6.07) is 0. The van der Waals surface area contributed by atoms with Gasteiger partial charge in [0.05, 0.1) is 6.10 Å². The number of nitrogens with zero attached hydrogens (tertiary/aromatic N) is 1. The molecule has 0 atom stereocenters. The molecule has 1 aliphatic carbocycles. The molecule has 2 fully saturated rings. The smallest absolute Gasteiger partial charge is 0.0595 e. The fourth-order valence-electron chi connectivity index (χ4n) is 2.39. The highest BCUT2D eigenvalue weighted by molar-refractivity contribution is 14.1. The minimum atomic E-state index is 0.528. The average Bonchev–Trinajstić information content (AvgIpc) is 3.08. The van der Waals surface area contributed by atoms with Crippen LogP contribution >= 0.6 is 22.6 Å². The van der Waals surface area contributed by atoms with Crippen molar-refractivity contribution in [3.05, 3.63) is 0 Å². The van der Waals surface area contributed by atoms with E-state index in [1.165, 1.54) is 56.2 Å². The molecule has 0 aromatic carbocycles. The molecule has 0 aromatic rings. The zero-order valence-corrected chi connectivity index (χ0v) is 11.8. The van der Waals surface area contributed by atoms with Gasteiger partial charge in [0.1, 0.15) is 0 Å². The maximum absolute atomic E-state index is 5.39. The first-order valence-corrected chi connectivity index (χ1v) is 7.62. The molecule has 0 spiro atoms. The Bertz CT molecular complexity index is 198. The van der Waals surface area contributed by atoms with Gasteiger partial charge < -0.3 is 9.64 Å². The quantitative estimate of drug-likeness (QED) is 0.570. The lowest BCUT2D eigenvalue weighted by molar-refractivity contribution is 0.0396. The van der Waals surface area contributed by atoms with Gasteiger partial charge in [-0.25, -0.2) is 0 Å². The van der Waals surface area contributed by atoms with E-state index >= 15 is 0 Å². The van der Waals surface area contributed by atoms with Crippen molar-refractivity contribution < 1.29 is 4.74 Å². The molecule has 0 N–H and O–H groups in total. The minimum Gasteiger partial charge on any atom is -0.381 e. The molecule has 2 aliphatic rings. The lowest BCUT2D eigenvalue weighted by atomic mass is 10.0. The summed E-state index contributed by atoms with van der Waals surface area (Å²) in [6.07, 6.45) is 7.37.